The van der Waals surface area contributed by atoms with Crippen LogP contribution < -0.4 is 4.90 Å². The number of piperazine rings is 1. The van der Waals surface area contributed by atoms with Gasteiger partial charge < -0.3 is 4.90 Å². The van der Waals surface area contributed by atoms with Crippen LogP contribution in [0.25, 0.3) is 0 Å². The molecule has 3 rings (SSSR count). The third-order valence-corrected chi connectivity index (χ3v) is 6.77. The van der Waals surface area contributed by atoms with Crippen molar-refractivity contribution in [3.63, 3.8) is 0 Å². The van der Waals surface area contributed by atoms with E-state index in [4.69, 9.17) is 11.6 Å². The van der Waals surface area contributed by atoms with Gasteiger partial charge >= 0.3 is 0 Å². The van der Waals surface area contributed by atoms with Gasteiger partial charge in [0, 0.05) is 10.6 Å². The number of nitrogens with zero attached hydrogens (tertiary/aromatic N) is 1. The number of hydrogen-bond acceptors (Lipinski definition) is 2. The van der Waals surface area contributed by atoms with Crippen LogP contribution in [0.2, 0.25) is 5.02 Å². The van der Waals surface area contributed by atoms with Crippen LogP contribution in [0.3, 0.4) is 0 Å². The van der Waals surface area contributed by atoms with Gasteiger partial charge in [-0.15, -0.1) is 0 Å². The molecule has 0 aromatic heterocycles. The lowest BCUT2D eigenvalue weighted by Gasteiger charge is -2.31. The second-order valence-electron chi connectivity index (χ2n) is 6.23. The largest absolute Gasteiger partial charge is 0.329 e. The highest BCUT2D eigenvalue weighted by Gasteiger charge is 2.31. The molecule has 1 heterocycles. The van der Waals surface area contributed by atoms with Gasteiger partial charge in [-0.3, -0.25) is 0 Å². The predicted molar refractivity (Wildman–Crippen MR) is 95.8 cm³/mol. The van der Waals surface area contributed by atoms with Crippen molar-refractivity contribution in [3.05, 3.63) is 64.7 Å². The van der Waals surface area contributed by atoms with E-state index in [2.05, 4.69) is 12.1 Å². The molecule has 0 aliphatic carbocycles. The average molecular weight is 366 g/mol. The molecule has 1 saturated heterocycles. The molecule has 1 aliphatic heterocycles. The van der Waals surface area contributed by atoms with Crippen LogP contribution in [-0.2, 0) is 16.6 Å². The third kappa shape index (κ3) is 3.81. The zero-order valence-corrected chi connectivity index (χ0v) is 15.3. The van der Waals surface area contributed by atoms with Crippen molar-refractivity contribution in [1.29, 1.82) is 0 Å². The van der Waals surface area contributed by atoms with Crippen molar-refractivity contribution in [3.8, 4) is 0 Å². The van der Waals surface area contributed by atoms with Crippen molar-refractivity contribution >= 4 is 21.6 Å². The van der Waals surface area contributed by atoms with Crippen LogP contribution in [0.1, 0.15) is 11.1 Å². The highest BCUT2D eigenvalue weighted by molar-refractivity contribution is 7.89. The summed E-state index contributed by atoms with van der Waals surface area (Å²) in [7, 11) is -3.48. The van der Waals surface area contributed by atoms with Crippen LogP contribution in [0.5, 0.6) is 0 Å². The van der Waals surface area contributed by atoms with E-state index in [0.717, 1.165) is 25.2 Å². The maximum absolute atomic E-state index is 12.9. The van der Waals surface area contributed by atoms with E-state index in [1.54, 1.807) is 29.4 Å². The fourth-order valence-electron chi connectivity index (χ4n) is 3.10. The molecule has 0 bridgehead atoms. The van der Waals surface area contributed by atoms with Crippen LogP contribution in [-0.4, -0.2) is 38.9 Å². The summed E-state index contributed by atoms with van der Waals surface area (Å²) in [5.41, 5.74) is 2.02. The van der Waals surface area contributed by atoms with Gasteiger partial charge in [0.15, 0.2) is 0 Å². The first-order valence-corrected chi connectivity index (χ1v) is 9.92. The van der Waals surface area contributed by atoms with Gasteiger partial charge in [0.1, 0.15) is 6.54 Å². The van der Waals surface area contributed by atoms with E-state index >= 15 is 0 Å². The molecule has 0 atom stereocenters. The Hall–Kier alpha value is -1.40. The lowest BCUT2D eigenvalue weighted by Crippen LogP contribution is -3.13. The topological polar surface area (TPSA) is 41.8 Å². The Morgan fingerprint density at radius 2 is 1.75 bits per heavy atom. The fourth-order valence-corrected chi connectivity index (χ4v) is 5.02. The average Bonchev–Trinajstić information content (AvgIpc) is 2.58. The number of benzene rings is 2. The molecule has 4 nitrogen and oxygen atoms in total. The first kappa shape index (κ1) is 17.4. The number of aryl methyl sites for hydroxylation is 1. The standard InChI is InChI=1S/C18H21ClN2O2S/c1-15-7-8-17(19)13-18(15)24(22,23)21-11-9-20(10-12-21)14-16-5-3-2-4-6-16/h2-8,13H,9-12,14H2,1H3/p+1. The van der Waals surface area contributed by atoms with Gasteiger partial charge in [0.2, 0.25) is 10.0 Å². The SMILES string of the molecule is Cc1ccc(Cl)cc1S(=O)(=O)N1CC[NH+](Cc2ccccc2)CC1. The van der Waals surface area contributed by atoms with Crippen molar-refractivity contribution in [2.75, 3.05) is 26.2 Å². The van der Waals surface area contributed by atoms with E-state index < -0.39 is 10.0 Å². The fraction of sp³-hybridized carbons (Fsp3) is 0.333. The van der Waals surface area contributed by atoms with Crippen LogP contribution in [0.4, 0.5) is 0 Å². The molecule has 1 N–H and O–H groups in total. The maximum atomic E-state index is 12.9. The summed E-state index contributed by atoms with van der Waals surface area (Å²) in [6.45, 7) is 5.44. The summed E-state index contributed by atoms with van der Waals surface area (Å²) in [5, 5.41) is 0.451. The van der Waals surface area contributed by atoms with Gasteiger partial charge in [-0.05, 0) is 24.6 Å². The molecule has 0 saturated carbocycles. The number of sulfonamides is 1. The van der Waals surface area contributed by atoms with E-state index in [1.165, 1.54) is 10.5 Å². The van der Waals surface area contributed by atoms with E-state index in [-0.39, 0.29) is 0 Å². The highest BCUT2D eigenvalue weighted by Crippen LogP contribution is 2.23. The van der Waals surface area contributed by atoms with Crippen LogP contribution >= 0.6 is 11.6 Å². The summed E-state index contributed by atoms with van der Waals surface area (Å²) in [6.07, 6.45) is 0. The van der Waals surface area contributed by atoms with Crippen molar-refractivity contribution in [1.82, 2.24) is 4.31 Å². The normalized spacial score (nSPS) is 17.1. The van der Waals surface area contributed by atoms with Gasteiger partial charge in [-0.25, -0.2) is 8.42 Å². The van der Waals surface area contributed by atoms with E-state index in [1.807, 2.05) is 18.2 Å². The first-order chi connectivity index (χ1) is 11.5. The van der Waals surface area contributed by atoms with E-state index in [0.29, 0.717) is 23.0 Å². The molecule has 0 unspecified atom stereocenters. The molecular formula is C18H22ClN2O2S+. The molecular weight excluding hydrogens is 344 g/mol. The van der Waals surface area contributed by atoms with Gasteiger partial charge in [0.25, 0.3) is 0 Å². The van der Waals surface area contributed by atoms with Crippen molar-refractivity contribution < 1.29 is 13.3 Å². The quantitative estimate of drug-likeness (QED) is 0.896. The number of hydrogen-bond donors (Lipinski definition) is 1. The minimum atomic E-state index is -3.48. The minimum absolute atomic E-state index is 0.321. The zero-order valence-electron chi connectivity index (χ0n) is 13.7. The van der Waals surface area contributed by atoms with Crippen LogP contribution in [0, 0.1) is 6.92 Å². The monoisotopic (exact) mass is 365 g/mol. The van der Waals surface area contributed by atoms with Crippen molar-refractivity contribution in [2.45, 2.75) is 18.4 Å². The van der Waals surface area contributed by atoms with Crippen molar-refractivity contribution in [2.24, 2.45) is 0 Å². The molecule has 128 valence electrons. The Bertz CT molecular complexity index is 801. The number of halogens is 1. The second kappa shape index (κ2) is 7.23. The Kier molecular flexibility index (Phi) is 5.25. The lowest BCUT2D eigenvalue weighted by molar-refractivity contribution is -0.917. The summed E-state index contributed by atoms with van der Waals surface area (Å²) in [6, 6.07) is 15.3. The predicted octanol–water partition coefficient (Wildman–Crippen LogP) is 1.74. The summed E-state index contributed by atoms with van der Waals surface area (Å²) in [5.74, 6) is 0. The molecule has 0 spiro atoms. The van der Waals surface area contributed by atoms with Gasteiger partial charge in [0.05, 0.1) is 31.1 Å². The number of nitrogens with one attached hydrogen (secondary N) is 1. The Morgan fingerprint density at radius 3 is 2.42 bits per heavy atom. The lowest BCUT2D eigenvalue weighted by atomic mass is 10.2. The maximum Gasteiger partial charge on any atom is 0.243 e. The smallest absolute Gasteiger partial charge is 0.243 e. The van der Waals surface area contributed by atoms with Crippen LogP contribution in [0.15, 0.2) is 53.4 Å². The molecule has 1 aliphatic rings. The molecule has 2 aromatic carbocycles. The Morgan fingerprint density at radius 1 is 1.08 bits per heavy atom. The number of rotatable bonds is 4. The molecule has 6 heteroatoms. The summed E-state index contributed by atoms with van der Waals surface area (Å²) in [4.78, 5) is 1.73. The van der Waals surface area contributed by atoms with E-state index in [9.17, 15) is 8.42 Å². The molecule has 0 radical (unpaired) electrons. The highest BCUT2D eigenvalue weighted by atomic mass is 35.5. The first-order valence-electron chi connectivity index (χ1n) is 8.10. The molecule has 1 fully saturated rings. The molecule has 24 heavy (non-hydrogen) atoms. The second-order valence-corrected chi connectivity index (χ2v) is 8.57. The third-order valence-electron chi connectivity index (χ3n) is 4.49. The van der Waals surface area contributed by atoms with Gasteiger partial charge in [-0.2, -0.15) is 4.31 Å². The molecule has 0 amide bonds. The minimum Gasteiger partial charge on any atom is -0.329 e. The zero-order chi connectivity index (χ0) is 17.2. The Balaban J connectivity index is 1.68. The summed E-state index contributed by atoms with van der Waals surface area (Å²) >= 11 is 5.99. The number of quaternary nitrogens is 1. The summed E-state index contributed by atoms with van der Waals surface area (Å²) < 4.78 is 27.4. The Labute approximate surface area is 148 Å². The molecule has 2 aromatic rings. The van der Waals surface area contributed by atoms with Gasteiger partial charge in [-0.1, -0.05) is 48.0 Å².